The van der Waals surface area contributed by atoms with Crippen LogP contribution < -0.4 is 52.1 Å². The second kappa shape index (κ2) is 39.6. The number of rotatable bonds is 11. The standard InChI is InChI=1S/C7H10N2O3.C7H11N2O3.C7H10N2O2.C6H7ClN2O2.2C5H4Cl2N2O.C4H2Cl2N2O.CH3B/c1-11-6-5(3-10)8-4-9-7(6)12-2;1-5-6(11-2)7(12-3)8-4-9(5)10;1-5-6(10-2)7(11-3)9-4-8-5;1-10-4-5(7)8-3-9-6(4)11-2;2*1-10-3-4(6)8-2-9-5(3)7;5-3-2(9)4(6)8-1-7-3;1-2/h4,10H,3H2,1-2H3;4,10H,1-3H3;4H,1-3H3;3H,1-2H3;2*2H,1H3;1,9H;1H3/q;+1;;;;;;. The van der Waals surface area contributed by atoms with E-state index in [4.69, 9.17) is 144 Å². The smallest absolute Gasteiger partial charge is 0.374 e. The van der Waals surface area contributed by atoms with E-state index in [9.17, 15) is 0 Å². The Kier molecular flexibility index (Phi) is 36.1. The van der Waals surface area contributed by atoms with E-state index in [-0.39, 0.29) is 48.4 Å². The Morgan fingerprint density at radius 1 is 0.390 bits per heavy atom. The van der Waals surface area contributed by atoms with Crippen molar-refractivity contribution in [3.63, 3.8) is 0 Å². The molecule has 7 rings (SSSR count). The van der Waals surface area contributed by atoms with Gasteiger partial charge in [0.05, 0.1) is 91.2 Å². The number of hydrogen-bond donors (Lipinski definition) is 3. The molecule has 0 unspecified atom stereocenters. The first-order chi connectivity index (χ1) is 36.8. The van der Waals surface area contributed by atoms with Crippen molar-refractivity contribution >= 4 is 89.1 Å². The van der Waals surface area contributed by atoms with Crippen LogP contribution in [0.2, 0.25) is 42.9 Å². The number of halogens is 7. The van der Waals surface area contributed by atoms with Crippen LogP contribution in [0.1, 0.15) is 17.1 Å². The van der Waals surface area contributed by atoms with Gasteiger partial charge < -0.3 is 62.8 Å². The summed E-state index contributed by atoms with van der Waals surface area (Å²) < 4.78 is 49.9. The zero-order valence-electron chi connectivity index (χ0n) is 43.2. The van der Waals surface area contributed by atoms with Gasteiger partial charge in [-0.05, 0) is 16.6 Å². The van der Waals surface area contributed by atoms with Crippen LogP contribution >= 0.6 is 81.2 Å². The van der Waals surface area contributed by atoms with E-state index in [1.165, 1.54) is 108 Å². The number of ether oxygens (including phenoxy) is 10. The molecule has 0 spiro atoms. The Morgan fingerprint density at radius 2 is 0.688 bits per heavy atom. The fourth-order valence-corrected chi connectivity index (χ4v) is 6.02. The molecule has 0 saturated heterocycles. The highest BCUT2D eigenvalue weighted by Crippen LogP contribution is 2.31. The lowest BCUT2D eigenvalue weighted by atomic mass is 10.2. The second-order valence-corrected chi connectivity index (χ2v) is 14.7. The van der Waals surface area contributed by atoms with Gasteiger partial charge in [-0.25, -0.2) is 44.9 Å². The molecule has 0 aromatic carbocycles. The first-order valence-corrected chi connectivity index (χ1v) is 23.0. The summed E-state index contributed by atoms with van der Waals surface area (Å²) in [6, 6.07) is 0. The molecule has 0 aliphatic rings. The summed E-state index contributed by atoms with van der Waals surface area (Å²) >= 11 is 38.6. The Bertz CT molecular complexity index is 2650. The Hall–Kier alpha value is -6.79. The highest BCUT2D eigenvalue weighted by atomic mass is 35.5. The molecular formula is C42H51BCl7N14O13+. The molecule has 2 radical (unpaired) electrons. The number of nitrogens with zero attached hydrogens (tertiary/aromatic N) is 14. The van der Waals surface area contributed by atoms with Gasteiger partial charge >= 0.3 is 12.2 Å². The Balaban J connectivity index is 0.000000872. The summed E-state index contributed by atoms with van der Waals surface area (Å²) in [6.07, 6.45) is 9.02. The quantitative estimate of drug-likeness (QED) is 0.0501. The van der Waals surface area contributed by atoms with Crippen LogP contribution in [0.5, 0.6) is 63.8 Å². The summed E-state index contributed by atoms with van der Waals surface area (Å²) in [5, 5.41) is 27.9. The predicted molar refractivity (Wildman–Crippen MR) is 283 cm³/mol. The largest absolute Gasteiger partial charge is 0.503 e. The highest BCUT2D eigenvalue weighted by molar-refractivity contribution is 6.36. The third kappa shape index (κ3) is 23.2. The molecular weight excluding hydrogens is 1170 g/mol. The van der Waals surface area contributed by atoms with Crippen molar-refractivity contribution < 1.29 is 67.5 Å². The number of methoxy groups -OCH3 is 10. The van der Waals surface area contributed by atoms with Gasteiger partial charge in [0, 0.05) is 6.92 Å². The highest BCUT2D eigenvalue weighted by Gasteiger charge is 2.19. The van der Waals surface area contributed by atoms with Gasteiger partial charge in [-0.1, -0.05) is 88.0 Å². The third-order valence-corrected chi connectivity index (χ3v) is 9.89. The monoisotopic (exact) mass is 1220 g/mol. The van der Waals surface area contributed by atoms with Crippen LogP contribution in [0.25, 0.3) is 0 Å². The first-order valence-electron chi connectivity index (χ1n) is 20.4. The van der Waals surface area contributed by atoms with E-state index in [0.717, 1.165) is 10.4 Å². The average molecular weight is 1220 g/mol. The molecule has 0 bridgehead atoms. The fraction of sp³-hybridized carbons (Fsp3) is 0.333. The van der Waals surface area contributed by atoms with Gasteiger partial charge in [0.1, 0.15) is 43.7 Å². The van der Waals surface area contributed by atoms with Crippen molar-refractivity contribution in [1.29, 1.82) is 0 Å². The first kappa shape index (κ1) is 70.2. The van der Waals surface area contributed by atoms with Crippen LogP contribution in [0, 0.1) is 13.8 Å². The number of aryl methyl sites for hydroxylation is 1. The van der Waals surface area contributed by atoms with Gasteiger partial charge in [-0.2, -0.15) is 15.0 Å². The fourth-order valence-electron chi connectivity index (χ4n) is 4.56. The summed E-state index contributed by atoms with van der Waals surface area (Å²) in [5.74, 6) is 3.61. The Morgan fingerprint density at radius 3 is 1.00 bits per heavy atom. The minimum atomic E-state index is -0.277. The van der Waals surface area contributed by atoms with Gasteiger partial charge in [0.2, 0.25) is 17.2 Å². The number of hydrogen-bond acceptors (Lipinski definition) is 26. The van der Waals surface area contributed by atoms with Crippen molar-refractivity contribution in [3.8, 4) is 63.8 Å². The van der Waals surface area contributed by atoms with Gasteiger partial charge in [-0.15, -0.1) is 0 Å². The molecule has 77 heavy (non-hydrogen) atoms. The molecule has 0 saturated carbocycles. The van der Waals surface area contributed by atoms with Crippen LogP contribution in [-0.4, -0.2) is 159 Å². The zero-order valence-corrected chi connectivity index (χ0v) is 48.4. The minimum absolute atomic E-state index is 0.0324. The molecule has 7 aromatic heterocycles. The molecule has 0 atom stereocenters. The van der Waals surface area contributed by atoms with Gasteiger partial charge in [0.25, 0.3) is 23.4 Å². The predicted octanol–water partition coefficient (Wildman–Crippen LogP) is 7.14. The molecule has 0 amide bonds. The number of aliphatic hydroxyl groups excluding tert-OH is 1. The summed E-state index contributed by atoms with van der Waals surface area (Å²) in [4.78, 5) is 48.3. The van der Waals surface area contributed by atoms with Crippen molar-refractivity contribution in [2.24, 2.45) is 0 Å². The van der Waals surface area contributed by atoms with E-state index in [1.807, 2.05) is 6.92 Å². The topological polar surface area (TPSA) is 324 Å². The maximum atomic E-state index is 9.17. The molecule has 418 valence electrons. The molecule has 27 nitrogen and oxygen atoms in total. The average Bonchev–Trinajstić information content (AvgIpc) is 3.44. The summed E-state index contributed by atoms with van der Waals surface area (Å²) in [6.45, 7) is 4.84. The molecule has 7 heterocycles. The number of aromatic hydroxyl groups is 1. The molecule has 3 N–H and O–H groups in total. The maximum absolute atomic E-state index is 9.17. The van der Waals surface area contributed by atoms with Gasteiger partial charge in [0.15, 0.2) is 59.0 Å². The van der Waals surface area contributed by atoms with Crippen molar-refractivity contribution in [1.82, 2.24) is 64.8 Å². The zero-order chi connectivity index (χ0) is 58.6. The maximum Gasteiger partial charge on any atom is 0.374 e. The van der Waals surface area contributed by atoms with Gasteiger partial charge in [-0.3, -0.25) is 0 Å². The van der Waals surface area contributed by atoms with Crippen molar-refractivity contribution in [2.75, 3.05) is 71.1 Å². The van der Waals surface area contributed by atoms with E-state index >= 15 is 0 Å². The van der Waals surface area contributed by atoms with Crippen molar-refractivity contribution in [3.05, 3.63) is 97.4 Å². The summed E-state index contributed by atoms with van der Waals surface area (Å²) in [5.41, 5.74) is 1.74. The van der Waals surface area contributed by atoms with Crippen LogP contribution in [0.15, 0.2) is 44.3 Å². The van der Waals surface area contributed by atoms with E-state index in [0.29, 0.717) is 69.4 Å². The minimum Gasteiger partial charge on any atom is -0.503 e. The lowest BCUT2D eigenvalue weighted by Crippen LogP contribution is -2.34. The van der Waals surface area contributed by atoms with Crippen LogP contribution in [0.3, 0.4) is 0 Å². The van der Waals surface area contributed by atoms with E-state index < -0.39 is 0 Å². The van der Waals surface area contributed by atoms with E-state index in [2.05, 4.69) is 72.6 Å². The third-order valence-electron chi connectivity index (χ3n) is 7.99. The molecule has 0 aliphatic carbocycles. The SMILES string of the molecule is COc1c(Cl)ncnc1Cl.COc1c(Cl)ncnc1Cl.COc1nc[n+](O)c(C)c1OC.COc1ncnc(C)c1OC.COc1ncnc(CO)c1OC.COc1ncnc(Cl)c1OC.Oc1c(Cl)ncnc1Cl.[B]C. The van der Waals surface area contributed by atoms with Crippen LogP contribution in [0.4, 0.5) is 0 Å². The van der Waals surface area contributed by atoms with Crippen LogP contribution in [-0.2, 0) is 6.61 Å². The second-order valence-electron chi connectivity index (χ2n) is 12.2. The number of aromatic nitrogens is 14. The van der Waals surface area contributed by atoms with Crippen molar-refractivity contribution in [2.45, 2.75) is 27.3 Å². The molecule has 0 fully saturated rings. The number of aliphatic hydroxyl groups is 1. The lowest BCUT2D eigenvalue weighted by molar-refractivity contribution is -0.910. The van der Waals surface area contributed by atoms with E-state index in [1.54, 1.807) is 21.1 Å². The molecule has 35 heteroatoms. The molecule has 0 aliphatic heterocycles. The normalized spacial score (nSPS) is 9.31. The summed E-state index contributed by atoms with van der Waals surface area (Å²) in [7, 11) is 19.4. The Labute approximate surface area is 478 Å². The molecule has 7 aromatic rings. The lowest BCUT2D eigenvalue weighted by Gasteiger charge is -2.07.